The van der Waals surface area contributed by atoms with E-state index in [4.69, 9.17) is 4.42 Å². The zero-order chi connectivity index (χ0) is 21.9. The molecule has 0 saturated carbocycles. The van der Waals surface area contributed by atoms with E-state index in [1.807, 2.05) is 13.0 Å². The van der Waals surface area contributed by atoms with Crippen LogP contribution in [0.15, 0.2) is 69.2 Å². The van der Waals surface area contributed by atoms with E-state index in [-0.39, 0.29) is 10.6 Å². The number of nitro groups is 1. The van der Waals surface area contributed by atoms with Crippen LogP contribution in [0, 0.1) is 24.0 Å². The van der Waals surface area contributed by atoms with Crippen molar-refractivity contribution < 1.29 is 17.8 Å². The van der Waals surface area contributed by atoms with Crippen LogP contribution in [0.1, 0.15) is 23.8 Å². The molecule has 0 atom stereocenters. The van der Waals surface area contributed by atoms with Crippen molar-refractivity contribution in [1.29, 1.82) is 0 Å². The van der Waals surface area contributed by atoms with E-state index in [1.54, 1.807) is 38.1 Å². The van der Waals surface area contributed by atoms with Gasteiger partial charge in [0.25, 0.3) is 15.7 Å². The maximum atomic E-state index is 12.8. The standard InChI is InChI=1S/C20H20N4O5S/c1-13-6-8-17(14(2)11-13)23-30(27,28)16-7-9-18(19(12-16)24(25)26)22-21-15(3)20-5-4-10-29-20/h4-12,22-23H,1-3H3. The molecule has 0 unspecified atom stereocenters. The van der Waals surface area contributed by atoms with Gasteiger partial charge in [0.05, 0.1) is 21.8 Å². The lowest BCUT2D eigenvalue weighted by Crippen LogP contribution is -2.14. The summed E-state index contributed by atoms with van der Waals surface area (Å²) in [6.07, 6.45) is 1.49. The SMILES string of the molecule is CC(=NNc1ccc(S(=O)(=O)Nc2ccc(C)cc2C)cc1[N+](=O)[O-])c1ccco1. The molecule has 0 amide bonds. The predicted molar refractivity (Wildman–Crippen MR) is 114 cm³/mol. The van der Waals surface area contributed by atoms with Crippen LogP contribution in [0.4, 0.5) is 17.1 Å². The molecule has 10 heteroatoms. The van der Waals surface area contributed by atoms with Crippen molar-refractivity contribution in [2.45, 2.75) is 25.7 Å². The Balaban J connectivity index is 1.90. The number of nitro benzene ring substituents is 1. The molecule has 156 valence electrons. The number of hydrogen-bond acceptors (Lipinski definition) is 7. The highest BCUT2D eigenvalue weighted by Gasteiger charge is 2.22. The minimum Gasteiger partial charge on any atom is -0.463 e. The largest absolute Gasteiger partial charge is 0.463 e. The third-order valence-corrected chi connectivity index (χ3v) is 5.69. The van der Waals surface area contributed by atoms with Gasteiger partial charge in [-0.3, -0.25) is 20.3 Å². The van der Waals surface area contributed by atoms with Crippen molar-refractivity contribution in [2.24, 2.45) is 5.10 Å². The minimum atomic E-state index is -4.02. The van der Waals surface area contributed by atoms with Crippen LogP contribution < -0.4 is 10.1 Å². The summed E-state index contributed by atoms with van der Waals surface area (Å²) < 4.78 is 33.2. The number of hydrazone groups is 1. The summed E-state index contributed by atoms with van der Waals surface area (Å²) in [4.78, 5) is 10.6. The van der Waals surface area contributed by atoms with Crippen molar-refractivity contribution in [3.05, 3.63) is 81.8 Å². The number of sulfonamides is 1. The summed E-state index contributed by atoms with van der Waals surface area (Å²) in [6, 6.07) is 12.2. The number of aryl methyl sites for hydroxylation is 2. The number of furan rings is 1. The van der Waals surface area contributed by atoms with Gasteiger partial charge >= 0.3 is 0 Å². The Hall–Kier alpha value is -3.66. The number of nitrogens with one attached hydrogen (secondary N) is 2. The van der Waals surface area contributed by atoms with Gasteiger partial charge in [0, 0.05) is 6.07 Å². The predicted octanol–water partition coefficient (Wildman–Crippen LogP) is 4.44. The van der Waals surface area contributed by atoms with Crippen molar-refractivity contribution >= 4 is 32.8 Å². The number of benzene rings is 2. The maximum Gasteiger partial charge on any atom is 0.295 e. The highest BCUT2D eigenvalue weighted by molar-refractivity contribution is 7.92. The van der Waals surface area contributed by atoms with Crippen molar-refractivity contribution in [3.8, 4) is 0 Å². The maximum absolute atomic E-state index is 12.8. The summed E-state index contributed by atoms with van der Waals surface area (Å²) in [7, 11) is -4.02. The molecule has 9 nitrogen and oxygen atoms in total. The van der Waals surface area contributed by atoms with Gasteiger partial charge in [-0.2, -0.15) is 5.10 Å². The molecule has 3 rings (SSSR count). The van der Waals surface area contributed by atoms with Crippen molar-refractivity contribution in [3.63, 3.8) is 0 Å². The van der Waals surface area contributed by atoms with Crippen LogP contribution >= 0.6 is 0 Å². The molecular weight excluding hydrogens is 408 g/mol. The summed E-state index contributed by atoms with van der Waals surface area (Å²) >= 11 is 0. The lowest BCUT2D eigenvalue weighted by molar-refractivity contribution is -0.384. The molecule has 3 aromatic rings. The first kappa shape index (κ1) is 21.1. The molecule has 0 fully saturated rings. The number of hydrogen-bond donors (Lipinski definition) is 2. The van der Waals surface area contributed by atoms with Crippen LogP contribution in [0.5, 0.6) is 0 Å². The Kier molecular flexibility index (Phi) is 5.88. The molecule has 30 heavy (non-hydrogen) atoms. The second-order valence-corrected chi connectivity index (χ2v) is 8.33. The summed E-state index contributed by atoms with van der Waals surface area (Å²) in [5.41, 5.74) is 4.85. The smallest absolute Gasteiger partial charge is 0.295 e. The van der Waals surface area contributed by atoms with E-state index in [9.17, 15) is 18.5 Å². The Morgan fingerprint density at radius 1 is 1.10 bits per heavy atom. The Bertz CT molecular complexity index is 1220. The Morgan fingerprint density at radius 2 is 1.83 bits per heavy atom. The summed E-state index contributed by atoms with van der Waals surface area (Å²) in [6.45, 7) is 5.35. The number of rotatable bonds is 7. The van der Waals surface area contributed by atoms with E-state index in [0.717, 1.165) is 17.2 Å². The second kappa shape index (κ2) is 8.37. The van der Waals surface area contributed by atoms with Gasteiger partial charge in [-0.25, -0.2) is 8.42 Å². The lowest BCUT2D eigenvalue weighted by atomic mass is 10.1. The Labute approximate surface area is 173 Å². The van der Waals surface area contributed by atoms with Crippen LogP contribution in [0.2, 0.25) is 0 Å². The molecule has 0 radical (unpaired) electrons. The average molecular weight is 428 g/mol. The van der Waals surface area contributed by atoms with E-state index < -0.39 is 20.6 Å². The average Bonchev–Trinajstić information content (AvgIpc) is 3.23. The first-order valence-electron chi connectivity index (χ1n) is 8.90. The molecule has 2 aromatic carbocycles. The highest BCUT2D eigenvalue weighted by Crippen LogP contribution is 2.29. The molecule has 0 aliphatic carbocycles. The number of anilines is 2. The fourth-order valence-electron chi connectivity index (χ4n) is 2.74. The third kappa shape index (κ3) is 4.66. The number of nitrogens with zero attached hydrogens (tertiary/aromatic N) is 2. The fraction of sp³-hybridized carbons (Fsp3) is 0.150. The zero-order valence-electron chi connectivity index (χ0n) is 16.5. The molecule has 0 aliphatic rings. The van der Waals surface area contributed by atoms with Gasteiger partial charge in [-0.05, 0) is 56.7 Å². The Morgan fingerprint density at radius 3 is 2.47 bits per heavy atom. The van der Waals surface area contributed by atoms with E-state index in [1.165, 1.54) is 18.4 Å². The van der Waals surface area contributed by atoms with Crippen LogP contribution in [-0.2, 0) is 10.0 Å². The molecule has 0 spiro atoms. The van der Waals surface area contributed by atoms with Gasteiger partial charge in [0.15, 0.2) is 0 Å². The minimum absolute atomic E-state index is 0.0522. The lowest BCUT2D eigenvalue weighted by Gasteiger charge is -2.12. The van der Waals surface area contributed by atoms with Crippen LogP contribution in [0.25, 0.3) is 0 Å². The topological polar surface area (TPSA) is 127 Å². The fourth-order valence-corrected chi connectivity index (χ4v) is 3.89. The monoisotopic (exact) mass is 428 g/mol. The molecule has 2 N–H and O–H groups in total. The summed E-state index contributed by atoms with van der Waals surface area (Å²) in [5, 5.41) is 15.6. The van der Waals surface area contributed by atoms with Crippen molar-refractivity contribution in [1.82, 2.24) is 0 Å². The molecular formula is C20H20N4O5S. The highest BCUT2D eigenvalue weighted by atomic mass is 32.2. The zero-order valence-corrected chi connectivity index (χ0v) is 17.4. The molecule has 1 aromatic heterocycles. The molecule has 0 bridgehead atoms. The molecule has 1 heterocycles. The molecule has 0 saturated heterocycles. The normalized spacial score (nSPS) is 11.9. The third-order valence-electron chi connectivity index (χ3n) is 4.32. The second-order valence-electron chi connectivity index (χ2n) is 6.65. The van der Waals surface area contributed by atoms with Crippen molar-refractivity contribution in [2.75, 3.05) is 10.1 Å². The van der Waals surface area contributed by atoms with Gasteiger partial charge in [0.2, 0.25) is 0 Å². The van der Waals surface area contributed by atoms with Crippen LogP contribution in [0.3, 0.4) is 0 Å². The first-order chi connectivity index (χ1) is 14.2. The van der Waals surface area contributed by atoms with Gasteiger partial charge in [-0.15, -0.1) is 0 Å². The van der Waals surface area contributed by atoms with Crippen LogP contribution in [-0.4, -0.2) is 19.1 Å². The van der Waals surface area contributed by atoms with Gasteiger partial charge in [-0.1, -0.05) is 17.7 Å². The molecule has 0 aliphatic heterocycles. The quantitative estimate of drug-likeness (QED) is 0.325. The van der Waals surface area contributed by atoms with Gasteiger partial charge < -0.3 is 4.42 Å². The summed E-state index contributed by atoms with van der Waals surface area (Å²) in [5.74, 6) is 0.502. The van der Waals surface area contributed by atoms with E-state index in [0.29, 0.717) is 17.2 Å². The van der Waals surface area contributed by atoms with Gasteiger partial charge in [0.1, 0.15) is 17.2 Å². The van der Waals surface area contributed by atoms with E-state index in [2.05, 4.69) is 15.2 Å². The first-order valence-corrected chi connectivity index (χ1v) is 10.4. The van der Waals surface area contributed by atoms with E-state index >= 15 is 0 Å².